The zero-order valence-corrected chi connectivity index (χ0v) is 37.5. The van der Waals surface area contributed by atoms with Crippen molar-refractivity contribution in [3.05, 3.63) is 240 Å². The molecule has 11 aromatic rings. The summed E-state index contributed by atoms with van der Waals surface area (Å²) in [6.45, 7) is 4.75. The molecule has 4 nitrogen and oxygen atoms in total. The van der Waals surface area contributed by atoms with Gasteiger partial charge in [0.25, 0.3) is 0 Å². The third kappa shape index (κ3) is 5.69. The maximum absolute atomic E-state index is 5.65. The molecule has 1 atom stereocenters. The Morgan fingerprint density at radius 2 is 1.13 bits per heavy atom. The summed E-state index contributed by atoms with van der Waals surface area (Å²) in [4.78, 5) is 5.65. The normalized spacial score (nSPS) is 16.1. The topological polar surface area (TPSA) is 34.2 Å². The summed E-state index contributed by atoms with van der Waals surface area (Å²) in [6.07, 6.45) is 6.58. The predicted molar refractivity (Wildman–Crippen MR) is 281 cm³/mol. The molecule has 0 fully saturated rings. The van der Waals surface area contributed by atoms with Gasteiger partial charge in [0.15, 0.2) is 0 Å². The van der Waals surface area contributed by atoms with Crippen LogP contribution in [-0.4, -0.2) is 14.8 Å². The Balaban J connectivity index is 0.891. The van der Waals surface area contributed by atoms with Gasteiger partial charge in [-0.05, 0) is 124 Å². The fourth-order valence-electron chi connectivity index (χ4n) is 11.8. The smallest absolute Gasteiger partial charge is 0.145 e. The van der Waals surface area contributed by atoms with E-state index in [1.165, 1.54) is 93.5 Å². The third-order valence-corrected chi connectivity index (χ3v) is 15.0. The number of hydrogen-bond acceptors (Lipinski definition) is 2. The van der Waals surface area contributed by atoms with E-state index in [4.69, 9.17) is 4.99 Å². The predicted octanol–water partition coefficient (Wildman–Crippen LogP) is 16.1. The lowest BCUT2D eigenvalue weighted by molar-refractivity contribution is 0.651. The molecule has 3 heterocycles. The minimum Gasteiger partial charge on any atom is -0.359 e. The first-order chi connectivity index (χ1) is 33.0. The quantitative estimate of drug-likeness (QED) is 0.184. The number of benzene rings is 9. The van der Waals surface area contributed by atoms with Crippen LogP contribution in [0.3, 0.4) is 0 Å². The summed E-state index contributed by atoms with van der Waals surface area (Å²) in [7, 11) is 0. The van der Waals surface area contributed by atoms with Gasteiger partial charge < -0.3 is 14.5 Å². The fraction of sp³-hybridized carbons (Fsp3) is 0.0952. The van der Waals surface area contributed by atoms with Crippen LogP contribution in [-0.2, 0) is 5.41 Å². The van der Waals surface area contributed by atoms with Crippen LogP contribution < -0.4 is 5.32 Å². The van der Waals surface area contributed by atoms with Crippen molar-refractivity contribution in [2.75, 3.05) is 5.32 Å². The van der Waals surface area contributed by atoms with Crippen molar-refractivity contribution in [1.82, 2.24) is 9.13 Å². The fourth-order valence-corrected chi connectivity index (χ4v) is 11.8. The Labute approximate surface area is 389 Å². The van der Waals surface area contributed by atoms with Gasteiger partial charge in [-0.25, -0.2) is 0 Å². The second kappa shape index (κ2) is 14.4. The van der Waals surface area contributed by atoms with Gasteiger partial charge in [0.2, 0.25) is 0 Å². The van der Waals surface area contributed by atoms with Crippen LogP contribution in [0.1, 0.15) is 60.7 Å². The monoisotopic (exact) mass is 858 g/mol. The van der Waals surface area contributed by atoms with Gasteiger partial charge in [0.05, 0.1) is 33.5 Å². The van der Waals surface area contributed by atoms with Crippen LogP contribution >= 0.6 is 0 Å². The Hall–Kier alpha value is -8.21. The zero-order valence-electron chi connectivity index (χ0n) is 37.5. The summed E-state index contributed by atoms with van der Waals surface area (Å²) < 4.78 is 4.81. The van der Waals surface area contributed by atoms with E-state index in [-0.39, 0.29) is 11.6 Å². The summed E-state index contributed by atoms with van der Waals surface area (Å²) in [5.74, 6) is 0. The Morgan fingerprint density at radius 1 is 0.507 bits per heavy atom. The molecule has 4 heteroatoms. The number of anilines is 1. The van der Waals surface area contributed by atoms with Crippen LogP contribution in [0, 0.1) is 0 Å². The minimum atomic E-state index is -0.298. The molecule has 0 radical (unpaired) electrons. The van der Waals surface area contributed by atoms with Crippen LogP contribution in [0.4, 0.5) is 5.69 Å². The van der Waals surface area contributed by atoms with Gasteiger partial charge in [-0.3, -0.25) is 4.99 Å². The van der Waals surface area contributed by atoms with Gasteiger partial charge in [-0.1, -0.05) is 153 Å². The van der Waals surface area contributed by atoms with E-state index in [1.54, 1.807) is 0 Å². The van der Waals surface area contributed by atoms with E-state index in [2.05, 4.69) is 235 Å². The van der Waals surface area contributed by atoms with E-state index in [0.717, 1.165) is 46.6 Å². The highest BCUT2D eigenvalue weighted by Gasteiger charge is 2.37. The molecule has 2 aliphatic carbocycles. The highest BCUT2D eigenvalue weighted by atomic mass is 15.1. The highest BCUT2D eigenvalue weighted by Crippen LogP contribution is 2.51. The molecule has 0 amide bonds. The maximum atomic E-state index is 5.65. The van der Waals surface area contributed by atoms with E-state index in [1.807, 2.05) is 0 Å². The second-order valence-corrected chi connectivity index (χ2v) is 19.1. The number of nitrogens with zero attached hydrogens (tertiary/aromatic N) is 3. The molecule has 67 heavy (non-hydrogen) atoms. The zero-order chi connectivity index (χ0) is 44.4. The first-order valence-corrected chi connectivity index (χ1v) is 23.6. The van der Waals surface area contributed by atoms with E-state index < -0.39 is 0 Å². The molecule has 3 aliphatic rings. The number of nitrogens with one attached hydrogen (secondary N) is 1. The van der Waals surface area contributed by atoms with Crippen LogP contribution in [0.2, 0.25) is 0 Å². The largest absolute Gasteiger partial charge is 0.359 e. The molecule has 0 bridgehead atoms. The van der Waals surface area contributed by atoms with E-state index in [9.17, 15) is 0 Å². The lowest BCUT2D eigenvalue weighted by atomic mass is 9.80. The number of allylic oxidation sites excluding steroid dienone is 4. The molecule has 14 rings (SSSR count). The molecule has 2 aromatic heterocycles. The van der Waals surface area contributed by atoms with Gasteiger partial charge in [0.1, 0.15) is 6.17 Å². The van der Waals surface area contributed by atoms with Crippen LogP contribution in [0.15, 0.2) is 217 Å². The highest BCUT2D eigenvalue weighted by molar-refractivity contribution is 6.21. The molecule has 0 saturated carbocycles. The third-order valence-electron chi connectivity index (χ3n) is 15.0. The molecule has 1 N–H and O–H groups in total. The van der Waals surface area contributed by atoms with Crippen molar-refractivity contribution in [2.24, 2.45) is 4.99 Å². The number of aliphatic imine (C=N–C) groups is 1. The summed E-state index contributed by atoms with van der Waals surface area (Å²) in [6, 6.07) is 71.5. The van der Waals surface area contributed by atoms with Crippen molar-refractivity contribution in [2.45, 2.75) is 38.3 Å². The van der Waals surface area contributed by atoms with E-state index in [0.29, 0.717) is 0 Å². The number of rotatable bonds is 5. The van der Waals surface area contributed by atoms with Crippen LogP contribution in [0.25, 0.3) is 82.5 Å². The number of hydrogen-bond donors (Lipinski definition) is 1. The van der Waals surface area contributed by atoms with Gasteiger partial charge in [-0.2, -0.15) is 0 Å². The van der Waals surface area contributed by atoms with Gasteiger partial charge in [0, 0.05) is 54.8 Å². The molecule has 318 valence electrons. The van der Waals surface area contributed by atoms with E-state index >= 15 is 0 Å². The first-order valence-electron chi connectivity index (χ1n) is 23.6. The molecule has 0 spiro atoms. The average molecular weight is 859 g/mol. The lowest BCUT2D eigenvalue weighted by Crippen LogP contribution is -2.21. The summed E-state index contributed by atoms with van der Waals surface area (Å²) in [5, 5.41) is 11.3. The van der Waals surface area contributed by atoms with Gasteiger partial charge in [-0.15, -0.1) is 0 Å². The molecule has 9 aromatic carbocycles. The van der Waals surface area contributed by atoms with Crippen molar-refractivity contribution in [1.29, 1.82) is 0 Å². The van der Waals surface area contributed by atoms with Crippen molar-refractivity contribution in [3.63, 3.8) is 0 Å². The van der Waals surface area contributed by atoms with Crippen molar-refractivity contribution in [3.8, 4) is 22.5 Å². The molecule has 0 saturated heterocycles. The first kappa shape index (κ1) is 38.1. The van der Waals surface area contributed by atoms with Crippen molar-refractivity contribution >= 4 is 71.4 Å². The minimum absolute atomic E-state index is 0.0126. The maximum Gasteiger partial charge on any atom is 0.145 e. The average Bonchev–Trinajstić information content (AvgIpc) is 3.98. The Kier molecular flexibility index (Phi) is 8.18. The number of para-hydroxylation sites is 3. The SMILES string of the molecule is CC1(C)C2=C(CCC=C2)c2cc(C3=NC(c4cccc(-n5c6ccccc6c6cc(-c7ccc8c(c7)c7ccccc7n8-c7ccccc7)ccc65)c4)Nc4c3ccc3ccccc43)ccc21. The number of aromatic nitrogens is 2. The number of fused-ring (bicyclic) bond motifs is 11. The summed E-state index contributed by atoms with van der Waals surface area (Å²) in [5.41, 5.74) is 20.8. The standard InChI is InChI=1S/C63H46N4/c1-63(2)54-24-11-8-21-47(54)51-38-42(28-32-55(51)63)60-50-31-27-39-15-6-7-20-46(39)61(50)65-62(64-60)43-16-14-19-45(35-43)67-57-26-13-10-23-49(57)53-37-41(30-34-59(53)67)40-29-33-58-52(36-40)48-22-9-12-25-56(48)66(58)44-17-4-3-5-18-44/h3-7,9-20,22-38,62,65H,8,21H2,1-2H3. The summed E-state index contributed by atoms with van der Waals surface area (Å²) >= 11 is 0. The Bertz CT molecular complexity index is 3980. The molecule has 1 aliphatic heterocycles. The Morgan fingerprint density at radius 3 is 1.88 bits per heavy atom. The molecular formula is C63H46N4. The lowest BCUT2D eigenvalue weighted by Gasteiger charge is -2.28. The van der Waals surface area contributed by atoms with Crippen molar-refractivity contribution < 1.29 is 0 Å². The second-order valence-electron chi connectivity index (χ2n) is 19.1. The molecule has 1 unspecified atom stereocenters. The molecular weight excluding hydrogens is 813 g/mol. The van der Waals surface area contributed by atoms with Gasteiger partial charge >= 0.3 is 0 Å². The van der Waals surface area contributed by atoms with Crippen LogP contribution in [0.5, 0.6) is 0 Å².